The summed E-state index contributed by atoms with van der Waals surface area (Å²) < 4.78 is 0. The molecule has 1 N–H and O–H groups in total. The number of carbonyl (C=O) groups is 2. The number of nitrogens with one attached hydrogen (secondary N) is 1. The third-order valence-corrected chi connectivity index (χ3v) is 4.77. The van der Waals surface area contributed by atoms with Crippen LogP contribution in [-0.2, 0) is 10.2 Å². The molecule has 2 aromatic rings. The standard InChI is InChI=1S/C23H30N2O2/c1-16-11-12-19(15-17(16)2)22(27)24-13-14-25(18(3)26)21-10-8-7-9-20(21)23(4,5)6/h7-12,15H,13-14H2,1-6H3,(H,24,27). The van der Waals surface area contributed by atoms with Crippen molar-refractivity contribution in [3.8, 4) is 0 Å². The van der Waals surface area contributed by atoms with E-state index >= 15 is 0 Å². The molecule has 0 aromatic heterocycles. The van der Waals surface area contributed by atoms with Crippen molar-refractivity contribution in [2.75, 3.05) is 18.0 Å². The van der Waals surface area contributed by atoms with Crippen LogP contribution in [0.3, 0.4) is 0 Å². The van der Waals surface area contributed by atoms with Gasteiger partial charge in [0.2, 0.25) is 5.91 Å². The first-order chi connectivity index (χ1) is 12.6. The van der Waals surface area contributed by atoms with E-state index in [1.807, 2.05) is 50.2 Å². The van der Waals surface area contributed by atoms with Gasteiger partial charge >= 0.3 is 0 Å². The zero-order valence-electron chi connectivity index (χ0n) is 17.2. The number of rotatable bonds is 5. The Hall–Kier alpha value is -2.62. The fourth-order valence-electron chi connectivity index (χ4n) is 3.06. The molecule has 2 amide bonds. The second-order valence-corrected chi connectivity index (χ2v) is 7.99. The summed E-state index contributed by atoms with van der Waals surface area (Å²) in [6.07, 6.45) is 0. The minimum atomic E-state index is -0.120. The van der Waals surface area contributed by atoms with Gasteiger partial charge in [0.05, 0.1) is 0 Å². The second kappa shape index (κ2) is 8.38. The van der Waals surface area contributed by atoms with Gasteiger partial charge in [-0.3, -0.25) is 9.59 Å². The van der Waals surface area contributed by atoms with Crippen LogP contribution in [0.15, 0.2) is 42.5 Å². The van der Waals surface area contributed by atoms with Crippen LogP contribution in [0, 0.1) is 13.8 Å². The number of aryl methyl sites for hydroxylation is 2. The number of hydrogen-bond acceptors (Lipinski definition) is 2. The summed E-state index contributed by atoms with van der Waals surface area (Å²) in [4.78, 5) is 26.4. The highest BCUT2D eigenvalue weighted by molar-refractivity contribution is 5.95. The first-order valence-electron chi connectivity index (χ1n) is 9.34. The lowest BCUT2D eigenvalue weighted by Gasteiger charge is -2.29. The molecule has 0 saturated heterocycles. The van der Waals surface area contributed by atoms with Gasteiger partial charge in [-0.1, -0.05) is 45.0 Å². The Balaban J connectivity index is 2.11. The number of carbonyl (C=O) groups excluding carboxylic acids is 2. The van der Waals surface area contributed by atoms with Crippen LogP contribution in [0.4, 0.5) is 5.69 Å². The number of nitrogens with zero attached hydrogens (tertiary/aromatic N) is 1. The minimum absolute atomic E-state index is 0.0351. The molecule has 0 unspecified atom stereocenters. The monoisotopic (exact) mass is 366 g/mol. The molecule has 0 aliphatic heterocycles. The van der Waals surface area contributed by atoms with E-state index in [1.165, 1.54) is 0 Å². The third kappa shape index (κ3) is 5.19. The average molecular weight is 367 g/mol. The van der Waals surface area contributed by atoms with Crippen LogP contribution < -0.4 is 10.2 Å². The van der Waals surface area contributed by atoms with Crippen molar-refractivity contribution >= 4 is 17.5 Å². The van der Waals surface area contributed by atoms with Gasteiger partial charge in [-0.2, -0.15) is 0 Å². The molecule has 0 saturated carbocycles. The lowest BCUT2D eigenvalue weighted by atomic mass is 9.85. The summed E-state index contributed by atoms with van der Waals surface area (Å²) >= 11 is 0. The maximum atomic E-state index is 12.4. The van der Waals surface area contributed by atoms with Crippen molar-refractivity contribution in [3.63, 3.8) is 0 Å². The van der Waals surface area contributed by atoms with E-state index in [1.54, 1.807) is 11.8 Å². The molecule has 27 heavy (non-hydrogen) atoms. The molecule has 0 aliphatic rings. The highest BCUT2D eigenvalue weighted by Gasteiger charge is 2.22. The minimum Gasteiger partial charge on any atom is -0.350 e. The van der Waals surface area contributed by atoms with Gasteiger partial charge in [0.15, 0.2) is 0 Å². The SMILES string of the molecule is CC(=O)N(CCNC(=O)c1ccc(C)c(C)c1)c1ccccc1C(C)(C)C. The van der Waals surface area contributed by atoms with Gasteiger partial charge in [0.25, 0.3) is 5.91 Å². The number of para-hydroxylation sites is 1. The summed E-state index contributed by atoms with van der Waals surface area (Å²) in [5.74, 6) is -0.155. The number of anilines is 1. The van der Waals surface area contributed by atoms with Gasteiger partial charge in [-0.05, 0) is 54.2 Å². The quantitative estimate of drug-likeness (QED) is 0.853. The van der Waals surface area contributed by atoms with Crippen LogP contribution in [0.5, 0.6) is 0 Å². The van der Waals surface area contributed by atoms with Crippen molar-refractivity contribution < 1.29 is 9.59 Å². The van der Waals surface area contributed by atoms with E-state index in [4.69, 9.17) is 0 Å². The van der Waals surface area contributed by atoms with Gasteiger partial charge in [-0.25, -0.2) is 0 Å². The Bertz CT molecular complexity index is 835. The highest BCUT2D eigenvalue weighted by atomic mass is 16.2. The van der Waals surface area contributed by atoms with Crippen LogP contribution in [0.25, 0.3) is 0 Å². The lowest BCUT2D eigenvalue weighted by Crippen LogP contribution is -2.38. The van der Waals surface area contributed by atoms with E-state index < -0.39 is 0 Å². The van der Waals surface area contributed by atoms with E-state index in [0.29, 0.717) is 18.7 Å². The molecule has 144 valence electrons. The first kappa shape index (κ1) is 20.7. The molecule has 0 heterocycles. The maximum absolute atomic E-state index is 12.4. The number of hydrogen-bond donors (Lipinski definition) is 1. The number of amides is 2. The Kier molecular flexibility index (Phi) is 6.42. The predicted molar refractivity (Wildman–Crippen MR) is 111 cm³/mol. The van der Waals surface area contributed by atoms with E-state index in [9.17, 15) is 9.59 Å². The zero-order chi connectivity index (χ0) is 20.2. The van der Waals surface area contributed by atoms with Crippen molar-refractivity contribution in [2.45, 2.75) is 47.0 Å². The van der Waals surface area contributed by atoms with Crippen molar-refractivity contribution in [1.82, 2.24) is 5.32 Å². The zero-order valence-corrected chi connectivity index (χ0v) is 17.2. The smallest absolute Gasteiger partial charge is 0.251 e. The molecular formula is C23H30N2O2. The molecule has 4 heteroatoms. The van der Waals surface area contributed by atoms with Gasteiger partial charge in [0, 0.05) is 31.3 Å². The fourth-order valence-corrected chi connectivity index (χ4v) is 3.06. The van der Waals surface area contributed by atoms with E-state index in [-0.39, 0.29) is 17.2 Å². The summed E-state index contributed by atoms with van der Waals surface area (Å²) in [6.45, 7) is 12.8. The van der Waals surface area contributed by atoms with E-state index in [2.05, 4.69) is 32.2 Å². The molecule has 0 fully saturated rings. The molecular weight excluding hydrogens is 336 g/mol. The topological polar surface area (TPSA) is 49.4 Å². The molecule has 0 atom stereocenters. The summed E-state index contributed by atoms with van der Waals surface area (Å²) in [6, 6.07) is 13.6. The molecule has 0 radical (unpaired) electrons. The van der Waals surface area contributed by atoms with Gasteiger partial charge < -0.3 is 10.2 Å². The summed E-state index contributed by atoms with van der Waals surface area (Å²) in [7, 11) is 0. The molecule has 2 rings (SSSR count). The van der Waals surface area contributed by atoms with Crippen molar-refractivity contribution in [2.24, 2.45) is 0 Å². The Morgan fingerprint density at radius 3 is 2.26 bits per heavy atom. The van der Waals surface area contributed by atoms with E-state index in [0.717, 1.165) is 22.4 Å². The van der Waals surface area contributed by atoms with Crippen LogP contribution >= 0.6 is 0 Å². The maximum Gasteiger partial charge on any atom is 0.251 e. The largest absolute Gasteiger partial charge is 0.350 e. The normalized spacial score (nSPS) is 11.2. The van der Waals surface area contributed by atoms with Crippen LogP contribution in [-0.4, -0.2) is 24.9 Å². The molecule has 0 bridgehead atoms. The second-order valence-electron chi connectivity index (χ2n) is 7.99. The van der Waals surface area contributed by atoms with Gasteiger partial charge in [0.1, 0.15) is 0 Å². The highest BCUT2D eigenvalue weighted by Crippen LogP contribution is 2.31. The number of benzene rings is 2. The Labute approximate surface area is 162 Å². The molecule has 0 aliphatic carbocycles. The third-order valence-electron chi connectivity index (χ3n) is 4.77. The van der Waals surface area contributed by atoms with Crippen molar-refractivity contribution in [1.29, 1.82) is 0 Å². The summed E-state index contributed by atoms with van der Waals surface area (Å²) in [5.41, 5.74) is 4.83. The van der Waals surface area contributed by atoms with Gasteiger partial charge in [-0.15, -0.1) is 0 Å². The average Bonchev–Trinajstić information content (AvgIpc) is 2.60. The van der Waals surface area contributed by atoms with Crippen LogP contribution in [0.1, 0.15) is 54.7 Å². The lowest BCUT2D eigenvalue weighted by molar-refractivity contribution is -0.116. The van der Waals surface area contributed by atoms with Crippen molar-refractivity contribution in [3.05, 3.63) is 64.7 Å². The summed E-state index contributed by atoms with van der Waals surface area (Å²) in [5, 5.41) is 2.93. The predicted octanol–water partition coefficient (Wildman–Crippen LogP) is 4.38. The Morgan fingerprint density at radius 1 is 1.00 bits per heavy atom. The fraction of sp³-hybridized carbons (Fsp3) is 0.391. The molecule has 2 aromatic carbocycles. The van der Waals surface area contributed by atoms with Crippen LogP contribution in [0.2, 0.25) is 0 Å². The molecule has 0 spiro atoms. The Morgan fingerprint density at radius 2 is 1.67 bits per heavy atom. The first-order valence-corrected chi connectivity index (χ1v) is 9.34. The molecule has 4 nitrogen and oxygen atoms in total.